The Hall–Kier alpha value is -3.08. The van der Waals surface area contributed by atoms with Crippen molar-refractivity contribution >= 4 is 34.4 Å². The molecule has 0 radical (unpaired) electrons. The summed E-state index contributed by atoms with van der Waals surface area (Å²) in [6, 6.07) is 1.98. The molecule has 3 rings (SSSR count). The van der Waals surface area contributed by atoms with Gasteiger partial charge >= 0.3 is 11.9 Å². The summed E-state index contributed by atoms with van der Waals surface area (Å²) in [5, 5.41) is 1.88. The number of nitrogens with zero attached hydrogens (tertiary/aromatic N) is 4. The predicted molar refractivity (Wildman–Crippen MR) is 100 cm³/mol. The molecule has 0 saturated heterocycles. The van der Waals surface area contributed by atoms with E-state index in [2.05, 4.69) is 10.3 Å². The van der Waals surface area contributed by atoms with Crippen LogP contribution in [0.25, 0.3) is 11.2 Å². The molecule has 3 aromatic rings. The summed E-state index contributed by atoms with van der Waals surface area (Å²) in [5.74, 6) is -0.685. The Bertz CT molecular complexity index is 1240. The second kappa shape index (κ2) is 7.07. The molecule has 2 aromatic heterocycles. The highest BCUT2D eigenvalue weighted by molar-refractivity contribution is 6.31. The molecule has 0 unspecified atom stereocenters. The molecule has 1 aromatic carbocycles. The lowest BCUT2D eigenvalue weighted by molar-refractivity contribution is -0.137. The van der Waals surface area contributed by atoms with Gasteiger partial charge in [-0.05, 0) is 25.1 Å². The molecule has 8 nitrogen and oxygen atoms in total. The number of carbonyl (C=O) groups excluding carboxylic acids is 1. The second-order valence-electron chi connectivity index (χ2n) is 6.39. The number of rotatable bonds is 3. The Labute approximate surface area is 166 Å². The van der Waals surface area contributed by atoms with E-state index in [1.807, 2.05) is 0 Å². The van der Waals surface area contributed by atoms with Crippen LogP contribution in [0.2, 0.25) is 5.02 Å². The van der Waals surface area contributed by atoms with Crippen LogP contribution in [-0.4, -0.2) is 24.6 Å². The lowest BCUT2D eigenvalue weighted by Crippen LogP contribution is -2.38. The topological polar surface area (TPSA) is 90.9 Å². The number of aromatic nitrogens is 4. The van der Waals surface area contributed by atoms with Crippen molar-refractivity contribution in [2.45, 2.75) is 19.1 Å². The van der Waals surface area contributed by atoms with Crippen molar-refractivity contribution in [3.63, 3.8) is 0 Å². The molecule has 0 aliphatic heterocycles. The maximum Gasteiger partial charge on any atom is 0.417 e. The SMILES string of the molecule is C[C@@H](C(=O)Nc1ccc(Cl)c(C(F)(F)F)c1)n1cnc2c1c(=O)n(C)c(=O)n2C. The first-order valence-corrected chi connectivity index (χ1v) is 8.61. The molecule has 12 heteroatoms. The first kappa shape index (κ1) is 20.6. The first-order valence-electron chi connectivity index (χ1n) is 8.23. The summed E-state index contributed by atoms with van der Waals surface area (Å²) in [4.78, 5) is 41.1. The maximum absolute atomic E-state index is 13.0. The molecule has 0 aliphatic rings. The van der Waals surface area contributed by atoms with E-state index in [0.717, 1.165) is 21.3 Å². The van der Waals surface area contributed by atoms with Crippen molar-refractivity contribution in [3.8, 4) is 0 Å². The number of anilines is 1. The number of fused-ring (bicyclic) bond motifs is 1. The van der Waals surface area contributed by atoms with Gasteiger partial charge in [0.05, 0.1) is 16.9 Å². The normalized spacial score (nSPS) is 12.9. The number of nitrogens with one attached hydrogen (secondary N) is 1. The van der Waals surface area contributed by atoms with Gasteiger partial charge in [-0.15, -0.1) is 0 Å². The van der Waals surface area contributed by atoms with E-state index in [1.54, 1.807) is 0 Å². The zero-order valence-corrected chi connectivity index (χ0v) is 16.2. The van der Waals surface area contributed by atoms with Crippen LogP contribution in [0, 0.1) is 0 Å². The van der Waals surface area contributed by atoms with Crippen molar-refractivity contribution in [1.82, 2.24) is 18.7 Å². The Morgan fingerprint density at radius 3 is 2.48 bits per heavy atom. The number of benzene rings is 1. The highest BCUT2D eigenvalue weighted by Crippen LogP contribution is 2.36. The Morgan fingerprint density at radius 1 is 1.21 bits per heavy atom. The van der Waals surface area contributed by atoms with E-state index >= 15 is 0 Å². The van der Waals surface area contributed by atoms with E-state index in [4.69, 9.17) is 11.6 Å². The first-order chi connectivity index (χ1) is 13.4. The monoisotopic (exact) mass is 429 g/mol. The third-order valence-electron chi connectivity index (χ3n) is 4.51. The van der Waals surface area contributed by atoms with Gasteiger partial charge in [-0.25, -0.2) is 9.78 Å². The van der Waals surface area contributed by atoms with Crippen LogP contribution in [0.1, 0.15) is 18.5 Å². The van der Waals surface area contributed by atoms with Crippen LogP contribution in [0.15, 0.2) is 34.1 Å². The number of amides is 1. The van der Waals surface area contributed by atoms with Crippen LogP contribution >= 0.6 is 11.6 Å². The zero-order chi connectivity index (χ0) is 21.7. The van der Waals surface area contributed by atoms with Crippen LogP contribution < -0.4 is 16.6 Å². The fourth-order valence-corrected chi connectivity index (χ4v) is 3.08. The zero-order valence-electron chi connectivity index (χ0n) is 15.4. The quantitative estimate of drug-likeness (QED) is 0.691. The van der Waals surface area contributed by atoms with E-state index in [-0.39, 0.29) is 16.9 Å². The highest BCUT2D eigenvalue weighted by Gasteiger charge is 2.33. The van der Waals surface area contributed by atoms with E-state index in [1.165, 1.54) is 38.0 Å². The van der Waals surface area contributed by atoms with Gasteiger partial charge in [0.25, 0.3) is 5.56 Å². The summed E-state index contributed by atoms with van der Waals surface area (Å²) in [6.07, 6.45) is -3.46. The van der Waals surface area contributed by atoms with Crippen LogP contribution in [0.5, 0.6) is 0 Å². The molecule has 0 spiro atoms. The fourth-order valence-electron chi connectivity index (χ4n) is 2.85. The number of imidazole rings is 1. The lowest BCUT2D eigenvalue weighted by atomic mass is 10.2. The third kappa shape index (κ3) is 3.53. The molecular weight excluding hydrogens is 415 g/mol. The molecule has 29 heavy (non-hydrogen) atoms. The van der Waals surface area contributed by atoms with Crippen molar-refractivity contribution in [1.29, 1.82) is 0 Å². The fraction of sp³-hybridized carbons (Fsp3) is 0.294. The Balaban J connectivity index is 1.99. The summed E-state index contributed by atoms with van der Waals surface area (Å²) in [6.45, 7) is 1.45. The van der Waals surface area contributed by atoms with Crippen molar-refractivity contribution in [2.75, 3.05) is 5.32 Å². The summed E-state index contributed by atoms with van der Waals surface area (Å²) in [7, 11) is 2.72. The smallest absolute Gasteiger partial charge is 0.324 e. The van der Waals surface area contributed by atoms with Crippen LogP contribution in [0.3, 0.4) is 0 Å². The van der Waals surface area contributed by atoms with Gasteiger partial charge in [0.1, 0.15) is 6.04 Å². The van der Waals surface area contributed by atoms with Crippen LogP contribution in [0.4, 0.5) is 18.9 Å². The Morgan fingerprint density at radius 2 is 1.86 bits per heavy atom. The number of carbonyl (C=O) groups is 1. The largest absolute Gasteiger partial charge is 0.417 e. The molecule has 1 N–H and O–H groups in total. The average Bonchev–Trinajstić information content (AvgIpc) is 3.09. The van der Waals surface area contributed by atoms with Gasteiger partial charge in [0.15, 0.2) is 11.2 Å². The van der Waals surface area contributed by atoms with E-state index in [0.29, 0.717) is 0 Å². The molecular formula is C17H15ClF3N5O3. The maximum atomic E-state index is 13.0. The standard InChI is InChI=1S/C17H15ClF3N5O3/c1-8(14(27)23-9-4-5-11(18)10(6-9)17(19,20)21)26-7-22-13-12(26)15(28)25(3)16(29)24(13)2/h4-8H,1-3H3,(H,23,27)/t8-/m0/s1. The van der Waals surface area contributed by atoms with Gasteiger partial charge in [0.2, 0.25) is 5.91 Å². The van der Waals surface area contributed by atoms with Crippen molar-refractivity contribution < 1.29 is 18.0 Å². The molecule has 0 saturated carbocycles. The molecule has 1 atom stereocenters. The number of halogens is 4. The molecule has 154 valence electrons. The summed E-state index contributed by atoms with van der Waals surface area (Å²) < 4.78 is 42.3. The average molecular weight is 430 g/mol. The van der Waals surface area contributed by atoms with Gasteiger partial charge in [-0.3, -0.25) is 18.7 Å². The molecule has 0 fully saturated rings. The van der Waals surface area contributed by atoms with Crippen LogP contribution in [-0.2, 0) is 25.1 Å². The predicted octanol–water partition coefficient (Wildman–Crippen LogP) is 2.31. The minimum atomic E-state index is -4.68. The summed E-state index contributed by atoms with van der Waals surface area (Å²) in [5.41, 5.74) is -2.31. The third-order valence-corrected chi connectivity index (χ3v) is 4.84. The number of aryl methyl sites for hydroxylation is 1. The molecule has 0 bridgehead atoms. The lowest BCUT2D eigenvalue weighted by Gasteiger charge is -2.16. The van der Waals surface area contributed by atoms with Gasteiger partial charge in [-0.2, -0.15) is 13.2 Å². The minimum Gasteiger partial charge on any atom is -0.324 e. The number of hydrogen-bond donors (Lipinski definition) is 1. The van der Waals surface area contributed by atoms with Gasteiger partial charge in [0, 0.05) is 19.8 Å². The van der Waals surface area contributed by atoms with Gasteiger partial charge < -0.3 is 9.88 Å². The van der Waals surface area contributed by atoms with Crippen molar-refractivity contribution in [2.24, 2.45) is 14.1 Å². The van der Waals surface area contributed by atoms with E-state index < -0.39 is 40.0 Å². The van der Waals surface area contributed by atoms with Crippen molar-refractivity contribution in [3.05, 3.63) is 56.0 Å². The molecule has 1 amide bonds. The molecule has 2 heterocycles. The van der Waals surface area contributed by atoms with Gasteiger partial charge in [-0.1, -0.05) is 11.6 Å². The second-order valence-corrected chi connectivity index (χ2v) is 6.79. The number of hydrogen-bond acceptors (Lipinski definition) is 4. The number of alkyl halides is 3. The highest BCUT2D eigenvalue weighted by atomic mass is 35.5. The Kier molecular flexibility index (Phi) is 5.03. The summed E-state index contributed by atoms with van der Waals surface area (Å²) >= 11 is 5.58. The molecule has 0 aliphatic carbocycles. The van der Waals surface area contributed by atoms with E-state index in [9.17, 15) is 27.6 Å². The minimum absolute atomic E-state index is 0.0179.